The fourth-order valence-electron chi connectivity index (χ4n) is 2.52. The number of anilines is 1. The summed E-state index contributed by atoms with van der Waals surface area (Å²) >= 11 is 0. The maximum Gasteiger partial charge on any atom is 0.276 e. The molecule has 1 aromatic carbocycles. The molecule has 0 fully saturated rings. The molecule has 4 N–H and O–H groups in total. The first-order chi connectivity index (χ1) is 14.0. The molecule has 0 saturated carbocycles. The van der Waals surface area contributed by atoms with Gasteiger partial charge in [0.1, 0.15) is 16.9 Å². The number of rotatable bonds is 4. The number of pyridine rings is 1. The van der Waals surface area contributed by atoms with Crippen LogP contribution in [0.3, 0.4) is 0 Å². The highest BCUT2D eigenvalue weighted by atomic mass is 16.2. The minimum absolute atomic E-state index is 0.151. The van der Waals surface area contributed by atoms with Crippen molar-refractivity contribution in [2.75, 3.05) is 12.4 Å². The summed E-state index contributed by atoms with van der Waals surface area (Å²) in [6, 6.07) is 9.85. The number of carbonyl (C=O) groups is 2. The predicted octanol–water partition coefficient (Wildman–Crippen LogP) is 1.64. The van der Waals surface area contributed by atoms with Crippen LogP contribution in [0.15, 0.2) is 54.2 Å². The van der Waals surface area contributed by atoms with Gasteiger partial charge in [0.05, 0.1) is 11.1 Å². The lowest BCUT2D eigenvalue weighted by molar-refractivity contribution is 0.0976. The molecular weight excluding hydrogens is 370 g/mol. The first-order valence-electron chi connectivity index (χ1n) is 8.45. The lowest BCUT2D eigenvalue weighted by Gasteiger charge is -2.07. The van der Waals surface area contributed by atoms with E-state index in [0.717, 1.165) is 0 Å². The topological polar surface area (TPSA) is 124 Å². The van der Waals surface area contributed by atoms with Crippen LogP contribution in [-0.2, 0) is 0 Å². The number of carbonyl (C=O) groups excluding carboxylic acids is 2. The normalized spacial score (nSPS) is 10.8. The number of hydrogen-bond acceptors (Lipinski definition) is 5. The maximum absolute atomic E-state index is 12.6. The number of aromatic nitrogens is 3. The van der Waals surface area contributed by atoms with Crippen LogP contribution in [0.5, 0.6) is 0 Å². The highest BCUT2D eigenvalue weighted by Gasteiger charge is 2.16. The Bertz CT molecular complexity index is 1170. The van der Waals surface area contributed by atoms with Crippen LogP contribution in [0.1, 0.15) is 26.5 Å². The summed E-state index contributed by atoms with van der Waals surface area (Å²) in [5, 5.41) is 7.96. The zero-order valence-electron chi connectivity index (χ0n) is 15.5. The summed E-state index contributed by atoms with van der Waals surface area (Å²) in [5.74, 6) is 1.89. The molecule has 2 heterocycles. The van der Waals surface area contributed by atoms with Crippen molar-refractivity contribution < 1.29 is 9.59 Å². The molecule has 3 rings (SSSR count). The maximum atomic E-state index is 12.6. The van der Waals surface area contributed by atoms with E-state index in [9.17, 15) is 9.59 Å². The summed E-state index contributed by atoms with van der Waals surface area (Å²) in [6.07, 6.45) is 6.71. The number of para-hydroxylation sites is 1. The molecule has 0 aliphatic carbocycles. The van der Waals surface area contributed by atoms with Gasteiger partial charge in [-0.05, 0) is 30.5 Å². The molecule has 0 saturated heterocycles. The highest BCUT2D eigenvalue weighted by molar-refractivity contribution is 6.12. The number of nitrogens with one attached hydrogen (secondary N) is 4. The predicted molar refractivity (Wildman–Crippen MR) is 110 cm³/mol. The first kappa shape index (κ1) is 19.3. The average Bonchev–Trinajstić information content (AvgIpc) is 3.15. The van der Waals surface area contributed by atoms with E-state index in [4.69, 9.17) is 6.42 Å². The van der Waals surface area contributed by atoms with E-state index < -0.39 is 11.8 Å². The molecule has 2 aromatic heterocycles. The van der Waals surface area contributed by atoms with Gasteiger partial charge < -0.3 is 10.3 Å². The monoisotopic (exact) mass is 387 g/mol. The molecule has 0 radical (unpaired) electrons. The average molecular weight is 387 g/mol. The summed E-state index contributed by atoms with van der Waals surface area (Å²) in [5.41, 5.74) is 1.77. The van der Waals surface area contributed by atoms with Crippen molar-refractivity contribution in [2.45, 2.75) is 0 Å². The van der Waals surface area contributed by atoms with Gasteiger partial charge in [0.15, 0.2) is 0 Å². The van der Waals surface area contributed by atoms with Gasteiger partial charge in [-0.1, -0.05) is 24.6 Å². The SMILES string of the molecule is C#Cc1cccc(C(=O)Nc2nc3c(C(=O)NC(=NC)NC=C)cccc3[nH]2)n1. The fourth-order valence-corrected chi connectivity index (χ4v) is 2.52. The summed E-state index contributed by atoms with van der Waals surface area (Å²) < 4.78 is 0. The van der Waals surface area contributed by atoms with Crippen LogP contribution in [0.4, 0.5) is 5.95 Å². The second-order valence-electron chi connectivity index (χ2n) is 5.67. The summed E-state index contributed by atoms with van der Waals surface area (Å²) in [6.45, 7) is 3.53. The van der Waals surface area contributed by atoms with Gasteiger partial charge in [-0.25, -0.2) is 9.97 Å². The number of guanidine groups is 1. The molecule has 9 heteroatoms. The Balaban J connectivity index is 1.86. The van der Waals surface area contributed by atoms with Gasteiger partial charge >= 0.3 is 0 Å². The Morgan fingerprint density at radius 2 is 2.00 bits per heavy atom. The number of fused-ring (bicyclic) bond motifs is 1. The number of aliphatic imine (C=N–C) groups is 1. The van der Waals surface area contributed by atoms with Gasteiger partial charge in [-0.2, -0.15) is 0 Å². The fraction of sp³-hybridized carbons (Fsp3) is 0.0500. The molecule has 0 unspecified atom stereocenters. The number of benzene rings is 1. The molecule has 0 aliphatic rings. The number of nitrogens with zero attached hydrogens (tertiary/aromatic N) is 3. The Kier molecular flexibility index (Phi) is 5.66. The highest BCUT2D eigenvalue weighted by Crippen LogP contribution is 2.19. The quantitative estimate of drug-likeness (QED) is 0.308. The van der Waals surface area contributed by atoms with E-state index in [2.05, 4.69) is 48.4 Å². The van der Waals surface area contributed by atoms with Crippen molar-refractivity contribution in [3.05, 3.63) is 66.1 Å². The van der Waals surface area contributed by atoms with E-state index in [1.807, 2.05) is 0 Å². The van der Waals surface area contributed by atoms with E-state index in [1.165, 1.54) is 19.3 Å². The number of imidazole rings is 1. The van der Waals surface area contributed by atoms with E-state index in [1.54, 1.807) is 30.3 Å². The Morgan fingerprint density at radius 3 is 2.72 bits per heavy atom. The molecular formula is C20H17N7O2. The van der Waals surface area contributed by atoms with Crippen LogP contribution in [-0.4, -0.2) is 39.8 Å². The Hall–Kier alpha value is -4.45. The Morgan fingerprint density at radius 1 is 1.21 bits per heavy atom. The molecule has 3 aromatic rings. The third kappa shape index (κ3) is 4.28. The lowest BCUT2D eigenvalue weighted by Crippen LogP contribution is -2.38. The molecule has 0 bridgehead atoms. The number of hydrogen-bond donors (Lipinski definition) is 4. The zero-order valence-corrected chi connectivity index (χ0v) is 15.5. The minimum atomic E-state index is -0.484. The number of amides is 2. The molecule has 9 nitrogen and oxygen atoms in total. The minimum Gasteiger partial charge on any atom is -0.333 e. The third-order valence-electron chi connectivity index (χ3n) is 3.81. The lowest BCUT2D eigenvalue weighted by atomic mass is 10.2. The van der Waals surface area contributed by atoms with E-state index >= 15 is 0 Å². The van der Waals surface area contributed by atoms with Gasteiger partial charge in [0.25, 0.3) is 11.8 Å². The number of aromatic amines is 1. The number of terminal acetylenes is 1. The van der Waals surface area contributed by atoms with E-state index in [0.29, 0.717) is 22.3 Å². The molecule has 144 valence electrons. The van der Waals surface area contributed by atoms with Crippen molar-refractivity contribution >= 4 is 34.8 Å². The van der Waals surface area contributed by atoms with Crippen molar-refractivity contribution in [1.29, 1.82) is 0 Å². The third-order valence-corrected chi connectivity index (χ3v) is 3.81. The Labute approximate surface area is 166 Å². The van der Waals surface area contributed by atoms with Crippen LogP contribution >= 0.6 is 0 Å². The molecule has 0 atom stereocenters. The summed E-state index contributed by atoms with van der Waals surface area (Å²) in [4.78, 5) is 40.3. The molecule has 29 heavy (non-hydrogen) atoms. The van der Waals surface area contributed by atoms with Crippen LogP contribution < -0.4 is 16.0 Å². The first-order valence-corrected chi connectivity index (χ1v) is 8.45. The second-order valence-corrected chi connectivity index (χ2v) is 5.67. The van der Waals surface area contributed by atoms with Gasteiger partial charge in [0, 0.05) is 7.05 Å². The van der Waals surface area contributed by atoms with Gasteiger partial charge in [-0.15, -0.1) is 6.42 Å². The van der Waals surface area contributed by atoms with Gasteiger partial charge in [-0.3, -0.25) is 25.2 Å². The van der Waals surface area contributed by atoms with E-state index in [-0.39, 0.29) is 17.6 Å². The van der Waals surface area contributed by atoms with Crippen LogP contribution in [0.25, 0.3) is 11.0 Å². The molecule has 0 aliphatic heterocycles. The summed E-state index contributed by atoms with van der Waals surface area (Å²) in [7, 11) is 1.53. The number of H-pyrrole nitrogens is 1. The van der Waals surface area contributed by atoms with Crippen molar-refractivity contribution in [2.24, 2.45) is 4.99 Å². The standard InChI is InChI=1S/C20H17N7O2/c1-4-12-8-6-11-15(23-12)18(29)27-20-24-14-10-7-9-13(16(14)25-20)17(28)26-19(21-3)22-5-2/h1,5-11H,2H2,3H3,(H2,21,22,26,28)(H2,24,25,27,29). The largest absolute Gasteiger partial charge is 0.333 e. The van der Waals surface area contributed by atoms with Crippen LogP contribution in [0.2, 0.25) is 0 Å². The van der Waals surface area contributed by atoms with Crippen molar-refractivity contribution in [3.8, 4) is 12.3 Å². The van der Waals surface area contributed by atoms with Gasteiger partial charge in [0.2, 0.25) is 11.9 Å². The molecule has 0 spiro atoms. The van der Waals surface area contributed by atoms with Crippen LogP contribution in [0, 0.1) is 12.3 Å². The van der Waals surface area contributed by atoms with Crippen molar-refractivity contribution in [3.63, 3.8) is 0 Å². The second kappa shape index (κ2) is 8.49. The smallest absolute Gasteiger partial charge is 0.276 e. The van der Waals surface area contributed by atoms with Crippen molar-refractivity contribution in [1.82, 2.24) is 25.6 Å². The zero-order chi connectivity index (χ0) is 20.8. The molecule has 2 amide bonds.